The fraction of sp³-hybridized carbons (Fsp3) is 0.833. The van der Waals surface area contributed by atoms with Gasteiger partial charge in [0.05, 0.1) is 18.1 Å². The first kappa shape index (κ1) is 14.9. The molecule has 1 aliphatic rings. The van der Waals surface area contributed by atoms with Crippen molar-refractivity contribution in [2.75, 3.05) is 18.1 Å². The summed E-state index contributed by atoms with van der Waals surface area (Å²) in [6.07, 6.45) is 0. The quantitative estimate of drug-likeness (QED) is 0.850. The number of aromatic nitrogens is 2. The minimum atomic E-state index is -2.90. The maximum atomic E-state index is 11.7. The summed E-state index contributed by atoms with van der Waals surface area (Å²) in [7, 11) is -2.90. The second-order valence-electron chi connectivity index (χ2n) is 6.03. The van der Waals surface area contributed by atoms with E-state index in [1.165, 1.54) is 11.5 Å². The van der Waals surface area contributed by atoms with E-state index in [-0.39, 0.29) is 17.0 Å². The third-order valence-corrected chi connectivity index (χ3v) is 6.09. The summed E-state index contributed by atoms with van der Waals surface area (Å²) in [5.41, 5.74) is -0.333. The van der Waals surface area contributed by atoms with Crippen molar-refractivity contribution in [3.63, 3.8) is 0 Å². The molecule has 0 aliphatic carbocycles. The molecular weight excluding hydrogens is 282 g/mol. The van der Waals surface area contributed by atoms with Crippen LogP contribution in [0, 0.1) is 0 Å². The molecule has 5 nitrogen and oxygen atoms in total. The molecule has 1 fully saturated rings. The van der Waals surface area contributed by atoms with E-state index >= 15 is 0 Å². The largest absolute Gasteiger partial charge is 0.289 e. The van der Waals surface area contributed by atoms with Gasteiger partial charge >= 0.3 is 0 Å². The topological polar surface area (TPSA) is 63.2 Å². The Labute approximate surface area is 119 Å². The maximum absolute atomic E-state index is 11.7. The van der Waals surface area contributed by atoms with Crippen LogP contribution in [0.25, 0.3) is 0 Å². The zero-order chi connectivity index (χ0) is 14.3. The van der Waals surface area contributed by atoms with Gasteiger partial charge in [0.25, 0.3) is 0 Å². The average Bonchev–Trinajstić information content (AvgIpc) is 2.69. The van der Waals surface area contributed by atoms with Crippen molar-refractivity contribution in [1.29, 1.82) is 0 Å². The van der Waals surface area contributed by atoms with Gasteiger partial charge in [-0.25, -0.2) is 13.4 Å². The van der Waals surface area contributed by atoms with Gasteiger partial charge in [0.2, 0.25) is 0 Å². The molecule has 0 amide bonds. The molecule has 1 aromatic rings. The van der Waals surface area contributed by atoms with Gasteiger partial charge in [-0.15, -0.1) is 0 Å². The molecule has 0 N–H and O–H groups in total. The predicted octanol–water partition coefficient (Wildman–Crippen LogP) is 1.67. The molecule has 2 rings (SSSR count). The summed E-state index contributed by atoms with van der Waals surface area (Å²) in [6.45, 7) is 9.37. The lowest BCUT2D eigenvalue weighted by molar-refractivity contribution is 0.131. The van der Waals surface area contributed by atoms with Crippen LogP contribution in [-0.4, -0.2) is 46.3 Å². The summed E-state index contributed by atoms with van der Waals surface area (Å²) in [4.78, 5) is 6.72. The van der Waals surface area contributed by atoms with Gasteiger partial charge in [-0.2, -0.15) is 4.37 Å². The van der Waals surface area contributed by atoms with Crippen molar-refractivity contribution >= 4 is 21.4 Å². The van der Waals surface area contributed by atoms with E-state index in [0.29, 0.717) is 19.0 Å². The van der Waals surface area contributed by atoms with Crippen LogP contribution >= 0.6 is 11.5 Å². The molecule has 0 radical (unpaired) electrons. The Morgan fingerprint density at radius 1 is 1.42 bits per heavy atom. The van der Waals surface area contributed by atoms with Crippen molar-refractivity contribution in [3.8, 4) is 0 Å². The third kappa shape index (κ3) is 3.52. The number of rotatable bonds is 3. The number of hydrogen-bond donors (Lipinski definition) is 0. The highest BCUT2D eigenvalue weighted by Crippen LogP contribution is 2.25. The summed E-state index contributed by atoms with van der Waals surface area (Å²) >= 11 is 1.42. The van der Waals surface area contributed by atoms with Gasteiger partial charge in [-0.05, 0) is 25.4 Å². The Morgan fingerprint density at radius 3 is 2.63 bits per heavy atom. The molecular formula is C12H21N3O2S2. The van der Waals surface area contributed by atoms with E-state index in [1.807, 2.05) is 13.8 Å². The van der Waals surface area contributed by atoms with Gasteiger partial charge in [0, 0.05) is 18.0 Å². The van der Waals surface area contributed by atoms with Crippen LogP contribution in [-0.2, 0) is 16.4 Å². The first-order valence-corrected chi connectivity index (χ1v) is 9.07. The summed E-state index contributed by atoms with van der Waals surface area (Å²) in [6, 6.07) is 0. The van der Waals surface area contributed by atoms with Crippen molar-refractivity contribution in [2.45, 2.75) is 45.7 Å². The molecule has 0 saturated carbocycles. The van der Waals surface area contributed by atoms with Gasteiger partial charge in [-0.1, -0.05) is 13.8 Å². The fourth-order valence-corrected chi connectivity index (χ4v) is 4.98. The van der Waals surface area contributed by atoms with Crippen molar-refractivity contribution < 1.29 is 8.42 Å². The van der Waals surface area contributed by atoms with Crippen molar-refractivity contribution in [1.82, 2.24) is 14.3 Å². The second kappa shape index (κ2) is 5.10. The fourth-order valence-electron chi connectivity index (χ4n) is 2.28. The zero-order valence-electron chi connectivity index (χ0n) is 11.9. The minimum Gasteiger partial charge on any atom is -0.289 e. The highest BCUT2D eigenvalue weighted by atomic mass is 32.2. The third-order valence-electron chi connectivity index (χ3n) is 3.43. The molecule has 0 atom stereocenters. The lowest BCUT2D eigenvalue weighted by atomic mass is 10.1. The first-order chi connectivity index (χ1) is 8.70. The standard InChI is InChI=1S/C12H21N3O2S2/c1-9(2)11-13-10(18-14-11)7-15-5-6-19(16,17)8-12(15,3)4/h9H,5-8H2,1-4H3. The Morgan fingerprint density at radius 2 is 2.11 bits per heavy atom. The molecule has 108 valence electrons. The van der Waals surface area contributed by atoms with Crippen LogP contribution < -0.4 is 0 Å². The highest BCUT2D eigenvalue weighted by Gasteiger charge is 2.37. The van der Waals surface area contributed by atoms with Crippen LogP contribution in [0.4, 0.5) is 0 Å². The summed E-state index contributed by atoms with van der Waals surface area (Å²) < 4.78 is 27.8. The summed E-state index contributed by atoms with van der Waals surface area (Å²) in [5.74, 6) is 1.67. The first-order valence-electron chi connectivity index (χ1n) is 6.47. The van der Waals surface area contributed by atoms with Gasteiger partial charge in [0.15, 0.2) is 9.84 Å². The molecule has 1 aliphatic heterocycles. The van der Waals surface area contributed by atoms with Crippen LogP contribution in [0.15, 0.2) is 0 Å². The van der Waals surface area contributed by atoms with E-state index in [0.717, 1.165) is 10.8 Å². The Kier molecular flexibility index (Phi) is 3.99. The van der Waals surface area contributed by atoms with Crippen molar-refractivity contribution in [2.24, 2.45) is 0 Å². The molecule has 19 heavy (non-hydrogen) atoms. The highest BCUT2D eigenvalue weighted by molar-refractivity contribution is 7.91. The molecule has 1 saturated heterocycles. The molecule has 7 heteroatoms. The predicted molar refractivity (Wildman–Crippen MR) is 77.1 cm³/mol. The number of nitrogens with zero attached hydrogens (tertiary/aromatic N) is 3. The van der Waals surface area contributed by atoms with E-state index in [2.05, 4.69) is 28.1 Å². The molecule has 0 spiro atoms. The monoisotopic (exact) mass is 303 g/mol. The van der Waals surface area contributed by atoms with E-state index in [9.17, 15) is 8.42 Å². The Hall–Kier alpha value is -0.530. The van der Waals surface area contributed by atoms with Crippen LogP contribution in [0.2, 0.25) is 0 Å². The molecule has 2 heterocycles. The Bertz CT molecular complexity index is 549. The molecule has 0 aromatic carbocycles. The molecule has 1 aromatic heterocycles. The lowest BCUT2D eigenvalue weighted by Gasteiger charge is -2.41. The number of hydrogen-bond acceptors (Lipinski definition) is 6. The molecule has 0 bridgehead atoms. The number of sulfone groups is 1. The zero-order valence-corrected chi connectivity index (χ0v) is 13.5. The van der Waals surface area contributed by atoms with E-state index < -0.39 is 9.84 Å². The summed E-state index contributed by atoms with van der Waals surface area (Å²) in [5, 5.41) is 0.969. The Balaban J connectivity index is 2.10. The van der Waals surface area contributed by atoms with Gasteiger partial charge < -0.3 is 0 Å². The van der Waals surface area contributed by atoms with E-state index in [1.54, 1.807) is 0 Å². The van der Waals surface area contributed by atoms with Crippen LogP contribution in [0.5, 0.6) is 0 Å². The SMILES string of the molecule is CC(C)c1nsc(CN2CCS(=O)(=O)CC2(C)C)n1. The minimum absolute atomic E-state index is 0.218. The normalized spacial score (nSPS) is 22.8. The van der Waals surface area contributed by atoms with E-state index in [4.69, 9.17) is 0 Å². The van der Waals surface area contributed by atoms with Gasteiger partial charge in [0.1, 0.15) is 10.8 Å². The van der Waals surface area contributed by atoms with Crippen LogP contribution in [0.3, 0.4) is 0 Å². The lowest BCUT2D eigenvalue weighted by Crippen LogP contribution is -2.54. The average molecular weight is 303 g/mol. The maximum Gasteiger partial charge on any atom is 0.153 e. The van der Waals surface area contributed by atoms with Gasteiger partial charge in [-0.3, -0.25) is 4.90 Å². The molecule has 0 unspecified atom stereocenters. The van der Waals surface area contributed by atoms with Crippen LogP contribution in [0.1, 0.15) is 44.4 Å². The van der Waals surface area contributed by atoms with Crippen molar-refractivity contribution in [3.05, 3.63) is 10.8 Å². The smallest absolute Gasteiger partial charge is 0.153 e. The second-order valence-corrected chi connectivity index (χ2v) is 9.05.